The van der Waals surface area contributed by atoms with Crippen molar-refractivity contribution < 1.29 is 23.4 Å². The Morgan fingerprint density at radius 3 is 2.72 bits per heavy atom. The van der Waals surface area contributed by atoms with E-state index < -0.39 is 17.7 Å². The first kappa shape index (κ1) is 20.9. The maximum Gasteiger partial charge on any atom is 0.338 e. The number of hydrogen-bond donors (Lipinski definition) is 1. The van der Waals surface area contributed by atoms with Crippen LogP contribution in [-0.2, 0) is 25.6 Å². The molecule has 1 aromatic carbocycles. The summed E-state index contributed by atoms with van der Waals surface area (Å²) in [4.78, 5) is 12.5. The van der Waals surface area contributed by atoms with E-state index in [4.69, 9.17) is 19.9 Å². The smallest absolute Gasteiger partial charge is 0.338 e. The van der Waals surface area contributed by atoms with Crippen LogP contribution in [0.4, 0.5) is 4.39 Å². The van der Waals surface area contributed by atoms with Gasteiger partial charge in [0, 0.05) is 5.56 Å². The summed E-state index contributed by atoms with van der Waals surface area (Å²) in [6, 6.07) is 6.61. The molecule has 0 aromatic heterocycles. The van der Waals surface area contributed by atoms with Crippen LogP contribution in [0.25, 0.3) is 0 Å². The van der Waals surface area contributed by atoms with Crippen molar-refractivity contribution in [1.82, 2.24) is 0 Å². The van der Waals surface area contributed by atoms with Crippen molar-refractivity contribution in [2.24, 2.45) is 5.73 Å². The van der Waals surface area contributed by atoms with Gasteiger partial charge in [0.25, 0.3) is 0 Å². The molecule has 1 fully saturated rings. The summed E-state index contributed by atoms with van der Waals surface area (Å²) in [5, 5.41) is 9.58. The third-order valence-electron chi connectivity index (χ3n) is 5.29. The molecule has 0 saturated heterocycles. The van der Waals surface area contributed by atoms with Crippen LogP contribution in [0.15, 0.2) is 41.0 Å². The maximum atomic E-state index is 14.8. The Morgan fingerprint density at radius 1 is 1.38 bits per heavy atom. The van der Waals surface area contributed by atoms with Crippen molar-refractivity contribution in [1.29, 1.82) is 5.26 Å². The van der Waals surface area contributed by atoms with Crippen LogP contribution in [0.2, 0.25) is 0 Å². The predicted octanol–water partition coefficient (Wildman–Crippen LogP) is 3.93. The number of nitriles is 1. The van der Waals surface area contributed by atoms with Crippen molar-refractivity contribution in [3.8, 4) is 6.07 Å². The van der Waals surface area contributed by atoms with Gasteiger partial charge in [-0.1, -0.05) is 25.0 Å². The highest BCUT2D eigenvalue weighted by molar-refractivity contribution is 5.92. The number of carbonyl (C=O) groups is 1. The molecule has 1 atom stereocenters. The van der Waals surface area contributed by atoms with Crippen molar-refractivity contribution in [2.75, 3.05) is 6.61 Å². The Hall–Kier alpha value is -2.85. The van der Waals surface area contributed by atoms with Crippen LogP contribution in [0.3, 0.4) is 0 Å². The van der Waals surface area contributed by atoms with E-state index in [0.29, 0.717) is 11.1 Å². The first-order valence-corrected chi connectivity index (χ1v) is 9.81. The average molecular weight is 400 g/mol. The van der Waals surface area contributed by atoms with Crippen molar-refractivity contribution in [2.45, 2.75) is 58.2 Å². The second-order valence-corrected chi connectivity index (χ2v) is 7.18. The Morgan fingerprint density at radius 2 is 2.10 bits per heavy atom. The van der Waals surface area contributed by atoms with Gasteiger partial charge in [0.15, 0.2) is 0 Å². The molecule has 0 spiro atoms. The summed E-state index contributed by atoms with van der Waals surface area (Å²) in [6.07, 6.45) is 4.47. The fraction of sp³-hybridized carbons (Fsp3) is 0.455. The molecule has 2 aliphatic rings. The Bertz CT molecular complexity index is 895. The van der Waals surface area contributed by atoms with Crippen LogP contribution in [0.5, 0.6) is 0 Å². The monoisotopic (exact) mass is 400 g/mol. The topological polar surface area (TPSA) is 94.6 Å². The van der Waals surface area contributed by atoms with Crippen LogP contribution in [-0.4, -0.2) is 18.7 Å². The number of esters is 1. The standard InChI is InChI=1S/C22H25FN2O4/c1-3-27-22(26)19-13(2)29-21(25)17(11-24)20(19)14-8-9-15(18(23)10-14)12-28-16-6-4-5-7-16/h8-10,16,20H,3-7,12,25H2,1-2H3. The van der Waals surface area contributed by atoms with E-state index in [-0.39, 0.29) is 42.1 Å². The maximum absolute atomic E-state index is 14.8. The fourth-order valence-corrected chi connectivity index (χ4v) is 3.81. The van der Waals surface area contributed by atoms with Gasteiger partial charge < -0.3 is 19.9 Å². The number of rotatable bonds is 6. The minimum absolute atomic E-state index is 0.0491. The molecule has 2 N–H and O–H groups in total. The van der Waals surface area contributed by atoms with Gasteiger partial charge >= 0.3 is 5.97 Å². The molecule has 1 aliphatic heterocycles. The zero-order chi connectivity index (χ0) is 21.0. The minimum atomic E-state index is -0.855. The molecule has 29 heavy (non-hydrogen) atoms. The lowest BCUT2D eigenvalue weighted by Gasteiger charge is -2.27. The number of hydrogen-bond acceptors (Lipinski definition) is 6. The molecule has 7 heteroatoms. The molecule has 0 bridgehead atoms. The van der Waals surface area contributed by atoms with Gasteiger partial charge in [-0.2, -0.15) is 5.26 Å². The first-order valence-electron chi connectivity index (χ1n) is 9.81. The van der Waals surface area contributed by atoms with E-state index in [1.807, 2.05) is 6.07 Å². The molecule has 0 radical (unpaired) electrons. The van der Waals surface area contributed by atoms with Crippen molar-refractivity contribution in [3.05, 3.63) is 57.9 Å². The molecule has 1 unspecified atom stereocenters. The van der Waals surface area contributed by atoms with Gasteiger partial charge in [-0.3, -0.25) is 0 Å². The van der Waals surface area contributed by atoms with Gasteiger partial charge in [-0.25, -0.2) is 9.18 Å². The molecular weight excluding hydrogens is 375 g/mol. The Balaban J connectivity index is 1.92. The molecule has 154 valence electrons. The molecule has 1 aliphatic carbocycles. The normalized spacial score (nSPS) is 19.9. The zero-order valence-corrected chi connectivity index (χ0v) is 16.7. The summed E-state index contributed by atoms with van der Waals surface area (Å²) in [5.74, 6) is -1.80. The van der Waals surface area contributed by atoms with Gasteiger partial charge in [0.2, 0.25) is 5.88 Å². The molecule has 6 nitrogen and oxygen atoms in total. The number of halogens is 1. The second kappa shape index (κ2) is 9.10. The lowest BCUT2D eigenvalue weighted by atomic mass is 9.82. The fourth-order valence-electron chi connectivity index (χ4n) is 3.81. The summed E-state index contributed by atoms with van der Waals surface area (Å²) >= 11 is 0. The van der Waals surface area contributed by atoms with E-state index >= 15 is 0 Å². The lowest BCUT2D eigenvalue weighted by molar-refractivity contribution is -0.139. The predicted molar refractivity (Wildman–Crippen MR) is 103 cm³/mol. The number of allylic oxidation sites excluding steroid dienone is 2. The number of carbonyl (C=O) groups excluding carboxylic acids is 1. The third kappa shape index (κ3) is 4.43. The lowest BCUT2D eigenvalue weighted by Crippen LogP contribution is -2.25. The molecule has 3 rings (SSSR count). The second-order valence-electron chi connectivity index (χ2n) is 7.18. The van der Waals surface area contributed by atoms with Crippen LogP contribution < -0.4 is 5.73 Å². The molecule has 0 amide bonds. The van der Waals surface area contributed by atoms with Gasteiger partial charge in [0.1, 0.15) is 23.2 Å². The average Bonchev–Trinajstić information content (AvgIpc) is 3.20. The summed E-state index contributed by atoms with van der Waals surface area (Å²) in [7, 11) is 0. The summed E-state index contributed by atoms with van der Waals surface area (Å²) in [5.41, 5.74) is 6.92. The van der Waals surface area contributed by atoms with E-state index in [9.17, 15) is 14.4 Å². The van der Waals surface area contributed by atoms with Crippen molar-refractivity contribution >= 4 is 5.97 Å². The first-order chi connectivity index (χ1) is 14.0. The van der Waals surface area contributed by atoms with Crippen LogP contribution >= 0.6 is 0 Å². The number of nitrogens with zero attached hydrogens (tertiary/aromatic N) is 1. The number of ether oxygens (including phenoxy) is 3. The van der Waals surface area contributed by atoms with E-state index in [0.717, 1.165) is 25.7 Å². The summed E-state index contributed by atoms with van der Waals surface area (Å²) < 4.78 is 31.1. The highest BCUT2D eigenvalue weighted by Crippen LogP contribution is 2.40. The quantitative estimate of drug-likeness (QED) is 0.727. The molecule has 1 aromatic rings. The largest absolute Gasteiger partial charge is 0.463 e. The van der Waals surface area contributed by atoms with E-state index in [2.05, 4.69) is 0 Å². The number of nitrogens with two attached hydrogens (primary N) is 1. The van der Waals surface area contributed by atoms with E-state index in [1.54, 1.807) is 26.0 Å². The summed E-state index contributed by atoms with van der Waals surface area (Å²) in [6.45, 7) is 3.60. The highest BCUT2D eigenvalue weighted by Gasteiger charge is 2.36. The van der Waals surface area contributed by atoms with Crippen molar-refractivity contribution in [3.63, 3.8) is 0 Å². The van der Waals surface area contributed by atoms with E-state index in [1.165, 1.54) is 6.07 Å². The molecule has 1 saturated carbocycles. The Labute approximate surface area is 169 Å². The van der Waals surface area contributed by atoms with Gasteiger partial charge in [-0.15, -0.1) is 0 Å². The highest BCUT2D eigenvalue weighted by atomic mass is 19.1. The number of benzene rings is 1. The van der Waals surface area contributed by atoms with Gasteiger partial charge in [0.05, 0.1) is 30.8 Å². The Kier molecular flexibility index (Phi) is 6.55. The minimum Gasteiger partial charge on any atom is -0.463 e. The zero-order valence-electron chi connectivity index (χ0n) is 16.7. The van der Waals surface area contributed by atoms with Crippen LogP contribution in [0, 0.1) is 17.1 Å². The molecular formula is C22H25FN2O4. The molecule has 1 heterocycles. The third-order valence-corrected chi connectivity index (χ3v) is 5.29. The SMILES string of the molecule is CCOC(=O)C1=C(C)OC(N)=C(C#N)C1c1ccc(COC2CCCC2)c(F)c1. The van der Waals surface area contributed by atoms with Gasteiger partial charge in [-0.05, 0) is 38.3 Å². The van der Waals surface area contributed by atoms with Crippen LogP contribution in [0.1, 0.15) is 56.6 Å².